The van der Waals surface area contributed by atoms with Crippen LogP contribution < -0.4 is 9.83 Å². The van der Waals surface area contributed by atoms with Crippen LogP contribution in [0.1, 0.15) is 96.0 Å². The predicted molar refractivity (Wildman–Crippen MR) is 132 cm³/mol. The van der Waals surface area contributed by atoms with E-state index in [0.717, 1.165) is 6.42 Å². The van der Waals surface area contributed by atoms with Crippen molar-refractivity contribution in [3.63, 3.8) is 0 Å². The zero-order valence-electron chi connectivity index (χ0n) is 19.3. The zero-order valence-corrected chi connectivity index (χ0v) is 20.2. The van der Waals surface area contributed by atoms with Crippen LogP contribution in [0.25, 0.3) is 0 Å². The molecule has 1 atom stereocenters. The smallest absolute Gasteiger partial charge is 0.408 e. The Labute approximate surface area is 189 Å². The van der Waals surface area contributed by atoms with Crippen LogP contribution in [0, 0.1) is 0 Å². The van der Waals surface area contributed by atoms with Crippen LogP contribution in [0.3, 0.4) is 0 Å². The van der Waals surface area contributed by atoms with Gasteiger partial charge in [-0.25, -0.2) is 4.57 Å². The van der Waals surface area contributed by atoms with E-state index in [0.29, 0.717) is 11.1 Å². The zero-order chi connectivity index (χ0) is 22.2. The van der Waals surface area contributed by atoms with Crippen molar-refractivity contribution in [1.82, 2.24) is 0 Å². The van der Waals surface area contributed by atoms with Gasteiger partial charge in [-0.3, -0.25) is 0 Å². The molecule has 1 N–H and O–H groups in total. The topological polar surface area (TPSA) is 46.5 Å². The van der Waals surface area contributed by atoms with Crippen LogP contribution in [0.15, 0.2) is 54.6 Å². The largest absolute Gasteiger partial charge is 0.421 e. The lowest BCUT2D eigenvalue weighted by molar-refractivity contribution is 0.393. The molecule has 2 aromatic rings. The predicted octanol–water partition coefficient (Wildman–Crippen LogP) is 8.21. The number of rotatable bonds is 17. The van der Waals surface area contributed by atoms with Crippen molar-refractivity contribution in [2.45, 2.75) is 96.8 Å². The van der Waals surface area contributed by atoms with Gasteiger partial charge in [0, 0.05) is 0 Å². The third-order valence-corrected chi connectivity index (χ3v) is 7.21. The van der Waals surface area contributed by atoms with E-state index < -0.39 is 7.60 Å². The summed E-state index contributed by atoms with van der Waals surface area (Å²) in [5, 5.41) is 0.338. The van der Waals surface area contributed by atoms with E-state index in [1.165, 1.54) is 89.0 Å². The first-order chi connectivity index (χ1) is 15.1. The van der Waals surface area contributed by atoms with Crippen LogP contribution in [-0.2, 0) is 11.0 Å². The van der Waals surface area contributed by atoms with Gasteiger partial charge in [-0.2, -0.15) is 0 Å². The van der Waals surface area contributed by atoms with E-state index in [1.54, 1.807) is 36.4 Å². The summed E-state index contributed by atoms with van der Waals surface area (Å²) in [6.45, 7) is 2.27. The normalized spacial score (nSPS) is 13.1. The molecule has 0 amide bonds. The molecule has 31 heavy (non-hydrogen) atoms. The molecule has 0 fully saturated rings. The Hall–Kier alpha value is -1.57. The van der Waals surface area contributed by atoms with Crippen LogP contribution in [0.4, 0.5) is 0 Å². The third-order valence-electron chi connectivity index (χ3n) is 5.80. The van der Waals surface area contributed by atoms with Gasteiger partial charge in [-0.1, -0.05) is 114 Å². The number of hydrogen-bond acceptors (Lipinski definition) is 2. The maximum atomic E-state index is 12.5. The summed E-state index contributed by atoms with van der Waals surface area (Å²) < 4.78 is 17.8. The second-order valence-electron chi connectivity index (χ2n) is 8.58. The highest BCUT2D eigenvalue weighted by atomic mass is 31.2. The minimum Gasteiger partial charge on any atom is -0.421 e. The number of benzene rings is 2. The maximum Gasteiger partial charge on any atom is 0.408 e. The minimum absolute atomic E-state index is 0.338. The molecule has 0 aliphatic rings. The summed E-state index contributed by atoms with van der Waals surface area (Å²) >= 11 is 0. The fraction of sp³-hybridized carbons (Fsp3) is 0.556. The van der Waals surface area contributed by atoms with E-state index in [1.807, 2.05) is 18.2 Å². The summed E-state index contributed by atoms with van der Waals surface area (Å²) in [6.07, 6.45) is 18.7. The van der Waals surface area contributed by atoms with Gasteiger partial charge >= 0.3 is 7.60 Å². The number of unbranched alkanes of at least 4 members (excludes halogenated alkanes) is 12. The van der Waals surface area contributed by atoms with Gasteiger partial charge in [0.1, 0.15) is 5.75 Å². The fourth-order valence-corrected chi connectivity index (χ4v) is 4.91. The Morgan fingerprint density at radius 1 is 0.677 bits per heavy atom. The Morgan fingerprint density at radius 2 is 1.16 bits per heavy atom. The summed E-state index contributed by atoms with van der Waals surface area (Å²) in [5.74, 6) is 0.407. The van der Waals surface area contributed by atoms with Crippen LogP contribution in [0.5, 0.6) is 5.75 Å². The molecule has 0 spiro atoms. The van der Waals surface area contributed by atoms with Crippen molar-refractivity contribution in [3.8, 4) is 5.75 Å². The lowest BCUT2D eigenvalue weighted by Gasteiger charge is -2.14. The molecule has 2 rings (SSSR count). The first kappa shape index (κ1) is 25.7. The molecule has 0 aliphatic heterocycles. The maximum absolute atomic E-state index is 12.5. The van der Waals surface area contributed by atoms with Gasteiger partial charge in [0.25, 0.3) is 0 Å². The summed E-state index contributed by atoms with van der Waals surface area (Å²) in [6, 6.07) is 16.1. The molecule has 2 aromatic carbocycles. The average Bonchev–Trinajstić information content (AvgIpc) is 2.78. The highest BCUT2D eigenvalue weighted by Gasteiger charge is 2.24. The molecule has 0 radical (unpaired) electrons. The van der Waals surface area contributed by atoms with Crippen molar-refractivity contribution in [1.29, 1.82) is 0 Å². The molecule has 0 saturated heterocycles. The third kappa shape index (κ3) is 11.0. The molecule has 3 nitrogen and oxygen atoms in total. The Morgan fingerprint density at radius 3 is 1.68 bits per heavy atom. The first-order valence-electron chi connectivity index (χ1n) is 12.3. The van der Waals surface area contributed by atoms with Crippen molar-refractivity contribution < 1.29 is 14.0 Å². The van der Waals surface area contributed by atoms with E-state index in [-0.39, 0.29) is 0 Å². The lowest BCUT2D eigenvalue weighted by Crippen LogP contribution is -2.09. The van der Waals surface area contributed by atoms with Gasteiger partial charge in [-0.15, -0.1) is 0 Å². The number of hydrogen-bond donors (Lipinski definition) is 1. The Balaban J connectivity index is 1.54. The average molecular weight is 445 g/mol. The number of aryl methyl sites for hydroxylation is 1. The molecule has 0 heterocycles. The second-order valence-corrected chi connectivity index (χ2v) is 10.3. The molecule has 1 unspecified atom stereocenters. The van der Waals surface area contributed by atoms with Crippen molar-refractivity contribution in [2.75, 3.05) is 0 Å². The van der Waals surface area contributed by atoms with Crippen LogP contribution >= 0.6 is 7.60 Å². The summed E-state index contributed by atoms with van der Waals surface area (Å²) in [4.78, 5) is 10.3. The molecule has 4 heteroatoms. The van der Waals surface area contributed by atoms with Gasteiger partial charge in [0.2, 0.25) is 0 Å². The van der Waals surface area contributed by atoms with E-state index >= 15 is 0 Å². The molecule has 0 aliphatic carbocycles. The molecule has 172 valence electrons. The van der Waals surface area contributed by atoms with Crippen molar-refractivity contribution in [3.05, 3.63) is 60.2 Å². The monoisotopic (exact) mass is 444 g/mol. The van der Waals surface area contributed by atoms with Crippen LogP contribution in [0.2, 0.25) is 0 Å². The molecule has 0 aromatic heterocycles. The lowest BCUT2D eigenvalue weighted by atomic mass is 10.0. The summed E-state index contributed by atoms with van der Waals surface area (Å²) in [7, 11) is -3.85. The van der Waals surface area contributed by atoms with E-state index in [2.05, 4.69) is 6.92 Å². The van der Waals surface area contributed by atoms with Crippen LogP contribution in [-0.4, -0.2) is 4.89 Å². The summed E-state index contributed by atoms with van der Waals surface area (Å²) in [5.41, 5.74) is 1.21. The molecule has 0 saturated carbocycles. The van der Waals surface area contributed by atoms with E-state index in [4.69, 9.17) is 4.52 Å². The van der Waals surface area contributed by atoms with E-state index in [9.17, 15) is 9.46 Å². The minimum atomic E-state index is -3.85. The first-order valence-corrected chi connectivity index (χ1v) is 13.9. The Bertz CT molecular complexity index is 743. The fourth-order valence-electron chi connectivity index (χ4n) is 3.87. The Kier molecular flexibility index (Phi) is 12.7. The van der Waals surface area contributed by atoms with Crippen molar-refractivity contribution >= 4 is 12.9 Å². The van der Waals surface area contributed by atoms with Crippen molar-refractivity contribution in [2.24, 2.45) is 0 Å². The highest BCUT2D eigenvalue weighted by molar-refractivity contribution is 7.61. The SMILES string of the molecule is CCCCCCCCCCCCCCCc1ccc(P(=O)(O)Oc2ccccc2)cc1. The quantitative estimate of drug-likeness (QED) is 0.197. The highest BCUT2D eigenvalue weighted by Crippen LogP contribution is 2.41. The standard InChI is InChI=1S/C27H41O3P/c1-2-3-4-5-6-7-8-9-10-11-12-13-15-18-25-21-23-27(24-22-25)31(28,29)30-26-19-16-14-17-20-26/h14,16-17,19-24H,2-13,15,18H2,1H3,(H,28,29). The second kappa shape index (κ2) is 15.3. The van der Waals surface area contributed by atoms with Gasteiger partial charge in [0.15, 0.2) is 0 Å². The number of para-hydroxylation sites is 1. The van der Waals surface area contributed by atoms with Gasteiger partial charge in [-0.05, 0) is 42.7 Å². The van der Waals surface area contributed by atoms with Gasteiger partial charge < -0.3 is 9.42 Å². The molecular weight excluding hydrogens is 403 g/mol. The molecule has 0 bridgehead atoms. The molecular formula is C27H41O3P. The van der Waals surface area contributed by atoms with Gasteiger partial charge in [0.05, 0.1) is 5.30 Å².